The monoisotopic (exact) mass is 437 g/mol. The van der Waals surface area contributed by atoms with E-state index < -0.39 is 0 Å². The van der Waals surface area contributed by atoms with Crippen LogP contribution < -0.4 is 20.1 Å². The third kappa shape index (κ3) is 5.94. The molecule has 2 heterocycles. The van der Waals surface area contributed by atoms with Crippen LogP contribution in [0.5, 0.6) is 11.5 Å². The van der Waals surface area contributed by atoms with Gasteiger partial charge in [-0.3, -0.25) is 0 Å². The average Bonchev–Trinajstić information content (AvgIpc) is 3.07. The molecule has 2 aliphatic rings. The van der Waals surface area contributed by atoms with Crippen LogP contribution in [0.3, 0.4) is 0 Å². The Morgan fingerprint density at radius 2 is 1.78 bits per heavy atom. The summed E-state index contributed by atoms with van der Waals surface area (Å²) in [4.78, 5) is 4.81. The molecule has 4 rings (SSSR count). The quantitative estimate of drug-likeness (QED) is 0.519. The fraction of sp³-hybridized carbons (Fsp3) is 0.500. The highest BCUT2D eigenvalue weighted by molar-refractivity contribution is 5.79. The molecule has 6 heteroatoms. The maximum Gasteiger partial charge on any atom is 0.191 e. The van der Waals surface area contributed by atoms with Crippen molar-refractivity contribution in [3.63, 3.8) is 0 Å². The average molecular weight is 438 g/mol. The van der Waals surface area contributed by atoms with Crippen LogP contribution >= 0.6 is 0 Å². The summed E-state index contributed by atoms with van der Waals surface area (Å²) in [5.74, 6) is 2.87. The molecule has 2 unspecified atom stereocenters. The van der Waals surface area contributed by atoms with Crippen molar-refractivity contribution < 1.29 is 14.2 Å². The minimum atomic E-state index is 0.126. The lowest BCUT2D eigenvalue weighted by Crippen LogP contribution is -2.42. The third-order valence-corrected chi connectivity index (χ3v) is 5.96. The standard InChI is InChI=1S/C26H35N3O3/c1-3-27-26(28-17-20-9-12-23-24(16-20)31-15-5-14-30-23)29-18-22-6-4-13-32-25(22)21-10-7-19(2)8-11-21/h7-12,16,22,25H,3-6,13-15,17-18H2,1-2H3,(H2,27,28,29). The van der Waals surface area contributed by atoms with Crippen LogP contribution in [0.15, 0.2) is 47.5 Å². The van der Waals surface area contributed by atoms with Crippen molar-refractivity contribution in [2.24, 2.45) is 10.9 Å². The van der Waals surface area contributed by atoms with E-state index in [1.807, 2.05) is 12.1 Å². The van der Waals surface area contributed by atoms with Gasteiger partial charge in [0.2, 0.25) is 0 Å². The maximum atomic E-state index is 6.18. The Balaban J connectivity index is 1.39. The minimum absolute atomic E-state index is 0.126. The van der Waals surface area contributed by atoms with Gasteiger partial charge < -0.3 is 24.8 Å². The molecule has 1 fully saturated rings. The van der Waals surface area contributed by atoms with Gasteiger partial charge in [-0.2, -0.15) is 0 Å². The van der Waals surface area contributed by atoms with Gasteiger partial charge in [-0.05, 0) is 49.9 Å². The lowest BCUT2D eigenvalue weighted by molar-refractivity contribution is -0.0265. The Kier molecular flexibility index (Phi) is 7.88. The van der Waals surface area contributed by atoms with Crippen LogP contribution in [0, 0.1) is 12.8 Å². The zero-order chi connectivity index (χ0) is 22.2. The van der Waals surface area contributed by atoms with Crippen LogP contribution in [-0.2, 0) is 11.3 Å². The van der Waals surface area contributed by atoms with Crippen LogP contribution in [0.1, 0.15) is 49.0 Å². The second kappa shape index (κ2) is 11.2. The number of ether oxygens (including phenoxy) is 3. The molecule has 32 heavy (non-hydrogen) atoms. The van der Waals surface area contributed by atoms with Crippen molar-refractivity contribution in [3.05, 3.63) is 59.2 Å². The first-order chi connectivity index (χ1) is 15.7. The summed E-state index contributed by atoms with van der Waals surface area (Å²) in [5, 5.41) is 6.92. The molecule has 2 N–H and O–H groups in total. The van der Waals surface area contributed by atoms with Gasteiger partial charge in [0.1, 0.15) is 0 Å². The van der Waals surface area contributed by atoms with Gasteiger partial charge in [0.15, 0.2) is 17.5 Å². The van der Waals surface area contributed by atoms with Crippen molar-refractivity contribution in [2.45, 2.75) is 45.8 Å². The Bertz CT molecular complexity index is 898. The number of aryl methyl sites for hydroxylation is 1. The summed E-state index contributed by atoms with van der Waals surface area (Å²) in [5.41, 5.74) is 3.64. The topological polar surface area (TPSA) is 64.1 Å². The molecule has 2 aromatic rings. The predicted octanol–water partition coefficient (Wildman–Crippen LogP) is 4.38. The molecular weight excluding hydrogens is 402 g/mol. The normalized spacial score (nSPS) is 21.0. The zero-order valence-electron chi connectivity index (χ0n) is 19.2. The van der Waals surface area contributed by atoms with E-state index in [-0.39, 0.29) is 6.10 Å². The number of nitrogens with one attached hydrogen (secondary N) is 2. The fourth-order valence-electron chi connectivity index (χ4n) is 4.22. The number of benzene rings is 2. The molecule has 2 aromatic carbocycles. The number of hydrogen-bond donors (Lipinski definition) is 2. The summed E-state index contributed by atoms with van der Waals surface area (Å²) in [7, 11) is 0. The van der Waals surface area contributed by atoms with E-state index in [0.29, 0.717) is 25.7 Å². The largest absolute Gasteiger partial charge is 0.490 e. The Labute approximate surface area is 191 Å². The first-order valence-corrected chi connectivity index (χ1v) is 11.8. The van der Waals surface area contributed by atoms with E-state index in [1.165, 1.54) is 11.1 Å². The van der Waals surface area contributed by atoms with Gasteiger partial charge in [0, 0.05) is 32.0 Å². The smallest absolute Gasteiger partial charge is 0.191 e. The molecule has 0 aromatic heterocycles. The van der Waals surface area contributed by atoms with Crippen LogP contribution in [0.4, 0.5) is 0 Å². The summed E-state index contributed by atoms with van der Waals surface area (Å²) in [6, 6.07) is 14.8. The molecule has 6 nitrogen and oxygen atoms in total. The van der Waals surface area contributed by atoms with Crippen molar-refractivity contribution in [3.8, 4) is 11.5 Å². The number of aliphatic imine (C=N–C) groups is 1. The number of rotatable bonds is 6. The molecule has 0 amide bonds. The molecule has 172 valence electrons. The number of hydrogen-bond acceptors (Lipinski definition) is 4. The van der Waals surface area contributed by atoms with E-state index in [2.05, 4.69) is 54.8 Å². The first-order valence-electron chi connectivity index (χ1n) is 11.8. The Hall–Kier alpha value is -2.73. The van der Waals surface area contributed by atoms with E-state index in [0.717, 1.165) is 62.0 Å². The van der Waals surface area contributed by atoms with Crippen LogP contribution in [0.25, 0.3) is 0 Å². The van der Waals surface area contributed by atoms with Crippen molar-refractivity contribution in [2.75, 3.05) is 32.9 Å². The third-order valence-electron chi connectivity index (χ3n) is 5.96. The summed E-state index contributed by atoms with van der Waals surface area (Å²) < 4.78 is 17.7. The highest BCUT2D eigenvalue weighted by Crippen LogP contribution is 2.33. The van der Waals surface area contributed by atoms with E-state index in [9.17, 15) is 0 Å². The number of fused-ring (bicyclic) bond motifs is 1. The second-order valence-electron chi connectivity index (χ2n) is 8.51. The maximum absolute atomic E-state index is 6.18. The molecule has 0 radical (unpaired) electrons. The highest BCUT2D eigenvalue weighted by atomic mass is 16.5. The van der Waals surface area contributed by atoms with Gasteiger partial charge in [-0.1, -0.05) is 35.9 Å². The molecule has 2 atom stereocenters. The number of guanidine groups is 1. The molecule has 1 saturated heterocycles. The van der Waals surface area contributed by atoms with E-state index >= 15 is 0 Å². The summed E-state index contributed by atoms with van der Waals surface area (Å²) in [6.07, 6.45) is 3.28. The fourth-order valence-corrected chi connectivity index (χ4v) is 4.22. The van der Waals surface area contributed by atoms with Gasteiger partial charge >= 0.3 is 0 Å². The second-order valence-corrected chi connectivity index (χ2v) is 8.51. The lowest BCUT2D eigenvalue weighted by atomic mass is 9.89. The molecule has 0 bridgehead atoms. The Morgan fingerprint density at radius 1 is 0.969 bits per heavy atom. The van der Waals surface area contributed by atoms with Gasteiger partial charge in [-0.25, -0.2) is 4.99 Å². The van der Waals surface area contributed by atoms with Crippen molar-refractivity contribution in [1.82, 2.24) is 10.6 Å². The summed E-state index contributed by atoms with van der Waals surface area (Å²) >= 11 is 0. The SMILES string of the molecule is CCNC(=NCc1ccc2c(c1)OCCCO2)NCC1CCCOC1c1ccc(C)cc1. The minimum Gasteiger partial charge on any atom is -0.490 e. The van der Waals surface area contributed by atoms with Crippen molar-refractivity contribution in [1.29, 1.82) is 0 Å². The number of nitrogens with zero attached hydrogens (tertiary/aromatic N) is 1. The lowest BCUT2D eigenvalue weighted by Gasteiger charge is -2.32. The van der Waals surface area contributed by atoms with Gasteiger partial charge in [0.25, 0.3) is 0 Å². The first kappa shape index (κ1) is 22.5. The molecule has 2 aliphatic heterocycles. The van der Waals surface area contributed by atoms with Gasteiger partial charge in [-0.15, -0.1) is 0 Å². The molecule has 0 spiro atoms. The van der Waals surface area contributed by atoms with Crippen LogP contribution in [-0.4, -0.2) is 38.9 Å². The molecule has 0 saturated carbocycles. The van der Waals surface area contributed by atoms with E-state index in [4.69, 9.17) is 19.2 Å². The van der Waals surface area contributed by atoms with Crippen molar-refractivity contribution >= 4 is 5.96 Å². The molecular formula is C26H35N3O3. The zero-order valence-corrected chi connectivity index (χ0v) is 19.2. The Morgan fingerprint density at radius 3 is 2.59 bits per heavy atom. The van der Waals surface area contributed by atoms with Crippen LogP contribution in [0.2, 0.25) is 0 Å². The van der Waals surface area contributed by atoms with E-state index in [1.54, 1.807) is 0 Å². The molecule has 0 aliphatic carbocycles. The highest BCUT2D eigenvalue weighted by Gasteiger charge is 2.27. The van der Waals surface area contributed by atoms with Gasteiger partial charge in [0.05, 0.1) is 25.9 Å². The predicted molar refractivity (Wildman–Crippen MR) is 127 cm³/mol. The summed E-state index contributed by atoms with van der Waals surface area (Å²) in [6.45, 7) is 8.64.